The number of fused-ring (bicyclic) bond motifs is 1. The number of amides is 1. The Kier molecular flexibility index (Phi) is 7.65. The van der Waals surface area contributed by atoms with Gasteiger partial charge in [0.1, 0.15) is 17.3 Å². The second-order valence-electron chi connectivity index (χ2n) is 8.48. The first kappa shape index (κ1) is 25.7. The molecule has 0 aliphatic heterocycles. The minimum Gasteiger partial charge on any atom is -0.497 e. The predicted octanol–water partition coefficient (Wildman–Crippen LogP) is 4.56. The quantitative estimate of drug-likeness (QED) is 0.430. The van der Waals surface area contributed by atoms with Gasteiger partial charge in [-0.3, -0.25) is 9.10 Å². The summed E-state index contributed by atoms with van der Waals surface area (Å²) in [5.41, 5.74) is 2.50. The van der Waals surface area contributed by atoms with Crippen LogP contribution in [-0.4, -0.2) is 41.1 Å². The Hall–Kier alpha value is -3.37. The Morgan fingerprint density at radius 2 is 1.67 bits per heavy atom. The number of anilines is 2. The van der Waals surface area contributed by atoms with Crippen LogP contribution in [0, 0.1) is 6.92 Å². The molecular formula is C26H28N2O6S2. The number of thiophene rings is 1. The number of aryl methyl sites for hydroxylation is 2. The number of hydrogen-bond acceptors (Lipinski definition) is 7. The summed E-state index contributed by atoms with van der Waals surface area (Å²) < 4.78 is 38.4. The third kappa shape index (κ3) is 5.24. The first-order chi connectivity index (χ1) is 17.2. The molecule has 0 radical (unpaired) electrons. The van der Waals surface area contributed by atoms with Gasteiger partial charge in [-0.2, -0.15) is 0 Å². The minimum absolute atomic E-state index is 0.0681. The number of nitrogens with zero attached hydrogens (tertiary/aromatic N) is 1. The normalized spacial score (nSPS) is 13.0. The van der Waals surface area contributed by atoms with E-state index >= 15 is 0 Å². The number of rotatable bonds is 8. The molecule has 0 fully saturated rings. The molecule has 1 heterocycles. The van der Waals surface area contributed by atoms with Crippen molar-refractivity contribution in [3.8, 4) is 5.75 Å². The lowest BCUT2D eigenvalue weighted by molar-refractivity contribution is -0.114. The van der Waals surface area contributed by atoms with Crippen molar-refractivity contribution in [2.45, 2.75) is 37.5 Å². The molecule has 0 unspecified atom stereocenters. The summed E-state index contributed by atoms with van der Waals surface area (Å²) in [5.74, 6) is -0.517. The molecule has 0 atom stereocenters. The van der Waals surface area contributed by atoms with Crippen molar-refractivity contribution in [3.05, 3.63) is 70.1 Å². The maximum Gasteiger partial charge on any atom is 0.341 e. The van der Waals surface area contributed by atoms with E-state index in [1.54, 1.807) is 36.4 Å². The highest BCUT2D eigenvalue weighted by molar-refractivity contribution is 7.92. The van der Waals surface area contributed by atoms with E-state index in [0.717, 1.165) is 46.0 Å². The molecule has 2 aromatic carbocycles. The van der Waals surface area contributed by atoms with Gasteiger partial charge in [0.05, 0.1) is 30.4 Å². The predicted molar refractivity (Wildman–Crippen MR) is 140 cm³/mol. The van der Waals surface area contributed by atoms with Gasteiger partial charge >= 0.3 is 5.97 Å². The molecule has 4 rings (SSSR count). The summed E-state index contributed by atoms with van der Waals surface area (Å²) in [6.45, 7) is 1.39. The lowest BCUT2D eigenvalue weighted by atomic mass is 9.95. The number of benzene rings is 2. The molecule has 1 amide bonds. The van der Waals surface area contributed by atoms with Crippen LogP contribution in [0.5, 0.6) is 5.75 Å². The summed E-state index contributed by atoms with van der Waals surface area (Å²) in [6.07, 6.45) is 3.55. The monoisotopic (exact) mass is 528 g/mol. The molecule has 36 heavy (non-hydrogen) atoms. The molecule has 1 N–H and O–H groups in total. The van der Waals surface area contributed by atoms with Gasteiger partial charge in [-0.25, -0.2) is 13.2 Å². The number of hydrogen-bond donors (Lipinski definition) is 1. The van der Waals surface area contributed by atoms with E-state index in [1.165, 1.54) is 37.7 Å². The van der Waals surface area contributed by atoms with Gasteiger partial charge in [0.25, 0.3) is 10.0 Å². The molecule has 1 aliphatic rings. The Morgan fingerprint density at radius 3 is 2.31 bits per heavy atom. The van der Waals surface area contributed by atoms with Crippen LogP contribution < -0.4 is 14.4 Å². The molecule has 0 saturated heterocycles. The fraction of sp³-hybridized carbons (Fsp3) is 0.308. The number of carbonyl (C=O) groups excluding carboxylic acids is 2. The van der Waals surface area contributed by atoms with E-state index in [1.807, 2.05) is 6.92 Å². The Morgan fingerprint density at radius 1 is 1.00 bits per heavy atom. The van der Waals surface area contributed by atoms with E-state index in [4.69, 9.17) is 9.47 Å². The number of nitrogens with one attached hydrogen (secondary N) is 1. The highest BCUT2D eigenvalue weighted by Crippen LogP contribution is 2.38. The van der Waals surface area contributed by atoms with Crippen LogP contribution in [0.1, 0.15) is 39.2 Å². The van der Waals surface area contributed by atoms with Gasteiger partial charge in [-0.15, -0.1) is 11.3 Å². The number of carbonyl (C=O) groups is 2. The zero-order valence-electron chi connectivity index (χ0n) is 20.4. The minimum atomic E-state index is -4.07. The van der Waals surface area contributed by atoms with Gasteiger partial charge in [0, 0.05) is 4.88 Å². The number of ether oxygens (including phenoxy) is 2. The Labute approximate surface area is 214 Å². The highest BCUT2D eigenvalue weighted by Gasteiger charge is 2.30. The Balaban J connectivity index is 1.67. The standard InChI is InChI=1S/C26H28N2O6S2/c1-17-8-14-20(15-9-17)36(31,32)28(18-10-12-19(33-2)13-11-18)16-23(29)27-25-24(26(30)34-3)21-6-4-5-7-22(21)35-25/h8-15H,4-7,16H2,1-3H3,(H,27,29). The van der Waals surface area contributed by atoms with Gasteiger partial charge in [0.15, 0.2) is 0 Å². The third-order valence-corrected chi connectivity index (χ3v) is 9.07. The van der Waals surface area contributed by atoms with E-state index in [2.05, 4.69) is 5.32 Å². The maximum absolute atomic E-state index is 13.6. The van der Waals surface area contributed by atoms with Crippen LogP contribution in [0.2, 0.25) is 0 Å². The number of esters is 1. The average Bonchev–Trinajstić information content (AvgIpc) is 3.24. The number of sulfonamides is 1. The van der Waals surface area contributed by atoms with Crippen molar-refractivity contribution in [2.75, 3.05) is 30.4 Å². The Bertz CT molecular complexity index is 1360. The lowest BCUT2D eigenvalue weighted by Gasteiger charge is -2.24. The number of methoxy groups -OCH3 is 2. The molecule has 8 nitrogen and oxygen atoms in total. The summed E-state index contributed by atoms with van der Waals surface area (Å²) in [7, 11) is -1.25. The van der Waals surface area contributed by atoms with Gasteiger partial charge < -0.3 is 14.8 Å². The van der Waals surface area contributed by atoms with Crippen molar-refractivity contribution >= 4 is 43.9 Å². The summed E-state index contributed by atoms with van der Waals surface area (Å²) in [5, 5.41) is 3.18. The summed E-state index contributed by atoms with van der Waals surface area (Å²) in [6, 6.07) is 12.9. The van der Waals surface area contributed by atoms with Crippen LogP contribution in [0.25, 0.3) is 0 Å². The van der Waals surface area contributed by atoms with Crippen LogP contribution >= 0.6 is 11.3 Å². The molecular weight excluding hydrogens is 500 g/mol. The van der Waals surface area contributed by atoms with Gasteiger partial charge in [-0.1, -0.05) is 17.7 Å². The maximum atomic E-state index is 13.6. The van der Waals surface area contributed by atoms with E-state index in [9.17, 15) is 18.0 Å². The molecule has 0 bridgehead atoms. The topological polar surface area (TPSA) is 102 Å². The van der Waals surface area contributed by atoms with Crippen molar-refractivity contribution in [1.82, 2.24) is 0 Å². The van der Waals surface area contributed by atoms with Crippen LogP contribution in [0.4, 0.5) is 10.7 Å². The molecule has 0 saturated carbocycles. The first-order valence-electron chi connectivity index (χ1n) is 11.5. The van der Waals surface area contributed by atoms with E-state index in [-0.39, 0.29) is 4.90 Å². The van der Waals surface area contributed by atoms with Crippen LogP contribution in [0.3, 0.4) is 0 Å². The smallest absolute Gasteiger partial charge is 0.341 e. The fourth-order valence-electron chi connectivity index (χ4n) is 4.17. The largest absolute Gasteiger partial charge is 0.497 e. The van der Waals surface area contributed by atoms with E-state index in [0.29, 0.717) is 22.0 Å². The molecule has 3 aromatic rings. The van der Waals surface area contributed by atoms with Crippen molar-refractivity contribution in [3.63, 3.8) is 0 Å². The third-order valence-electron chi connectivity index (χ3n) is 6.07. The summed E-state index contributed by atoms with van der Waals surface area (Å²) >= 11 is 1.35. The molecule has 10 heteroatoms. The molecule has 1 aliphatic carbocycles. The highest BCUT2D eigenvalue weighted by atomic mass is 32.2. The molecule has 0 spiro atoms. The molecule has 190 valence electrons. The van der Waals surface area contributed by atoms with Gasteiger partial charge in [0.2, 0.25) is 5.91 Å². The first-order valence-corrected chi connectivity index (χ1v) is 13.8. The zero-order valence-corrected chi connectivity index (χ0v) is 22.0. The van der Waals surface area contributed by atoms with Crippen LogP contribution in [0.15, 0.2) is 53.4 Å². The summed E-state index contributed by atoms with van der Waals surface area (Å²) in [4.78, 5) is 26.9. The second-order valence-corrected chi connectivity index (χ2v) is 11.4. The average molecular weight is 529 g/mol. The van der Waals surface area contributed by atoms with E-state index < -0.39 is 28.4 Å². The van der Waals surface area contributed by atoms with Crippen molar-refractivity contribution in [1.29, 1.82) is 0 Å². The SMILES string of the molecule is COC(=O)c1c(NC(=O)CN(c2ccc(OC)cc2)S(=O)(=O)c2ccc(C)cc2)sc2c1CCCC2. The van der Waals surface area contributed by atoms with Gasteiger partial charge in [-0.05, 0) is 74.6 Å². The zero-order chi connectivity index (χ0) is 25.9. The second kappa shape index (κ2) is 10.7. The molecule has 1 aromatic heterocycles. The van der Waals surface area contributed by atoms with Crippen molar-refractivity contribution in [2.24, 2.45) is 0 Å². The van der Waals surface area contributed by atoms with Crippen molar-refractivity contribution < 1.29 is 27.5 Å². The fourth-order valence-corrected chi connectivity index (χ4v) is 6.88. The lowest BCUT2D eigenvalue weighted by Crippen LogP contribution is -2.38. The van der Waals surface area contributed by atoms with Crippen LogP contribution in [-0.2, 0) is 32.4 Å².